The smallest absolute Gasteiger partial charge is 0.539 e. The zero-order valence-electron chi connectivity index (χ0n) is 12.9. The molecule has 4 nitrogen and oxygen atoms in total. The van der Waals surface area contributed by atoms with Crippen LogP contribution in [0.2, 0.25) is 0 Å². The van der Waals surface area contributed by atoms with Crippen LogP contribution >= 0.6 is 0 Å². The van der Waals surface area contributed by atoms with E-state index in [1.807, 2.05) is 6.92 Å². The van der Waals surface area contributed by atoms with E-state index >= 15 is 0 Å². The van der Waals surface area contributed by atoms with Gasteiger partial charge in [-0.1, -0.05) is 12.2 Å². The number of carboxylic acids is 1. The molecule has 0 saturated heterocycles. The van der Waals surface area contributed by atoms with E-state index in [2.05, 4.69) is 6.58 Å². The molecule has 5 heteroatoms. The molecule has 0 aromatic rings. The zero-order valence-corrected chi connectivity index (χ0v) is 19.2. The van der Waals surface area contributed by atoms with Crippen molar-refractivity contribution in [2.75, 3.05) is 0 Å². The van der Waals surface area contributed by atoms with Gasteiger partial charge in [-0.05, 0) is 62.7 Å². The summed E-state index contributed by atoms with van der Waals surface area (Å²) >= 11 is 0. The summed E-state index contributed by atoms with van der Waals surface area (Å²) in [7, 11) is 0. The predicted molar refractivity (Wildman–Crippen MR) is 70.3 cm³/mol. The van der Waals surface area contributed by atoms with Gasteiger partial charge in [0, 0.05) is 6.42 Å². The standard InChI is InChI=1S/C16H22O4.Cs/c1-9(2)8-16(20-15(19)14(17)18)12-4-10-3-11(6-12)7-13(16)5-10;/h10-13H,1,3-8H2,2H3,(H,17,18);/q;+1/p-1. The van der Waals surface area contributed by atoms with Crippen molar-refractivity contribution in [3.05, 3.63) is 12.2 Å². The summed E-state index contributed by atoms with van der Waals surface area (Å²) in [5.74, 6) is -0.897. The topological polar surface area (TPSA) is 66.4 Å². The van der Waals surface area contributed by atoms with Crippen molar-refractivity contribution in [2.24, 2.45) is 23.7 Å². The molecule has 0 atom stereocenters. The average Bonchev–Trinajstić information content (AvgIpc) is 2.33. The van der Waals surface area contributed by atoms with Crippen LogP contribution in [0.3, 0.4) is 0 Å². The molecule has 0 N–H and O–H groups in total. The molecular formula is C16H21CsO4. The van der Waals surface area contributed by atoms with Crippen molar-refractivity contribution in [3.63, 3.8) is 0 Å². The second-order valence-corrected chi connectivity index (χ2v) is 7.07. The summed E-state index contributed by atoms with van der Waals surface area (Å²) in [4.78, 5) is 22.4. The van der Waals surface area contributed by atoms with Crippen LogP contribution in [0, 0.1) is 23.7 Å². The van der Waals surface area contributed by atoms with Gasteiger partial charge in [-0.25, -0.2) is 4.79 Å². The largest absolute Gasteiger partial charge is 1.00 e. The molecule has 21 heavy (non-hydrogen) atoms. The monoisotopic (exact) mass is 410 g/mol. The molecule has 4 aliphatic carbocycles. The van der Waals surface area contributed by atoms with E-state index in [-0.39, 0.29) is 68.9 Å². The van der Waals surface area contributed by atoms with Crippen LogP contribution in [0.1, 0.15) is 45.4 Å². The van der Waals surface area contributed by atoms with Gasteiger partial charge in [0.15, 0.2) is 5.97 Å². The van der Waals surface area contributed by atoms with E-state index in [9.17, 15) is 14.7 Å². The molecule has 0 aromatic heterocycles. The minimum absolute atomic E-state index is 0. The van der Waals surface area contributed by atoms with Crippen LogP contribution in [-0.2, 0) is 14.3 Å². The van der Waals surface area contributed by atoms with Crippen LogP contribution in [0.4, 0.5) is 0 Å². The van der Waals surface area contributed by atoms with Gasteiger partial charge in [0.25, 0.3) is 0 Å². The third-order valence-electron chi connectivity index (χ3n) is 5.55. The molecular weight excluding hydrogens is 389 g/mol. The SMILES string of the molecule is C=C(C)CC1(OC(=O)C(=O)[O-])C2CC3CC(C2)CC1C3.[Cs+]. The molecule has 0 radical (unpaired) electrons. The normalized spacial score (nSPS) is 39.5. The summed E-state index contributed by atoms with van der Waals surface area (Å²) in [5.41, 5.74) is 0.305. The Morgan fingerprint density at radius 3 is 2.00 bits per heavy atom. The molecule has 0 amide bonds. The van der Waals surface area contributed by atoms with Gasteiger partial charge in [-0.15, -0.1) is 0 Å². The van der Waals surface area contributed by atoms with E-state index in [0.717, 1.165) is 43.1 Å². The molecule has 110 valence electrons. The summed E-state index contributed by atoms with van der Waals surface area (Å²) in [6.07, 6.45) is 6.10. The molecule has 4 bridgehead atoms. The molecule has 0 unspecified atom stereocenters. The molecule has 4 aliphatic rings. The Kier molecular flexibility index (Phi) is 5.76. The van der Waals surface area contributed by atoms with Gasteiger partial charge < -0.3 is 14.6 Å². The number of esters is 1. The molecule has 0 spiro atoms. The maximum absolute atomic E-state index is 11.6. The van der Waals surface area contributed by atoms with E-state index in [1.165, 1.54) is 6.42 Å². The first-order valence-electron chi connectivity index (χ1n) is 7.49. The number of carbonyl (C=O) groups is 2. The van der Waals surface area contributed by atoms with E-state index in [1.54, 1.807) is 0 Å². The first-order chi connectivity index (χ1) is 9.40. The van der Waals surface area contributed by atoms with Crippen LogP contribution in [0.15, 0.2) is 12.2 Å². The maximum Gasteiger partial charge on any atom is 1.00 e. The minimum atomic E-state index is -1.74. The van der Waals surface area contributed by atoms with Crippen LogP contribution < -0.4 is 74.0 Å². The van der Waals surface area contributed by atoms with Crippen LogP contribution in [0.25, 0.3) is 0 Å². The van der Waals surface area contributed by atoms with Crippen molar-refractivity contribution in [2.45, 2.75) is 51.0 Å². The summed E-state index contributed by atoms with van der Waals surface area (Å²) < 4.78 is 5.53. The predicted octanol–water partition coefficient (Wildman–Crippen LogP) is -1.56. The number of rotatable bonds is 3. The van der Waals surface area contributed by atoms with Gasteiger partial charge in [0.05, 0.1) is 0 Å². The number of hydrogen-bond acceptors (Lipinski definition) is 4. The van der Waals surface area contributed by atoms with Crippen molar-refractivity contribution in [1.29, 1.82) is 0 Å². The molecule has 0 heterocycles. The molecule has 4 fully saturated rings. The number of carbonyl (C=O) groups excluding carboxylic acids is 2. The zero-order chi connectivity index (χ0) is 14.5. The number of aliphatic carboxylic acids is 1. The van der Waals surface area contributed by atoms with Crippen LogP contribution in [-0.4, -0.2) is 17.5 Å². The fourth-order valence-electron chi connectivity index (χ4n) is 5.16. The second kappa shape index (κ2) is 6.69. The van der Waals surface area contributed by atoms with E-state index < -0.39 is 17.5 Å². The number of carboxylic acid groups (broad SMARTS) is 1. The quantitative estimate of drug-likeness (QED) is 0.321. The number of hydrogen-bond donors (Lipinski definition) is 0. The molecule has 0 aromatic carbocycles. The third kappa shape index (κ3) is 3.33. The van der Waals surface area contributed by atoms with Crippen molar-refractivity contribution in [1.82, 2.24) is 0 Å². The van der Waals surface area contributed by atoms with Crippen LogP contribution in [0.5, 0.6) is 0 Å². The van der Waals surface area contributed by atoms with Gasteiger partial charge >= 0.3 is 74.9 Å². The van der Waals surface area contributed by atoms with Gasteiger partial charge in [-0.3, -0.25) is 0 Å². The van der Waals surface area contributed by atoms with Crippen molar-refractivity contribution in [3.8, 4) is 0 Å². The summed E-state index contributed by atoms with van der Waals surface area (Å²) in [6, 6.07) is 0. The van der Waals surface area contributed by atoms with Gasteiger partial charge in [0.1, 0.15) is 5.60 Å². The minimum Gasteiger partial charge on any atom is -0.539 e. The summed E-state index contributed by atoms with van der Waals surface area (Å²) in [6.45, 7) is 5.87. The van der Waals surface area contributed by atoms with Gasteiger partial charge in [-0.2, -0.15) is 0 Å². The second-order valence-electron chi connectivity index (χ2n) is 7.07. The Morgan fingerprint density at radius 1 is 1.14 bits per heavy atom. The fraction of sp³-hybridized carbons (Fsp3) is 0.750. The Balaban J connectivity index is 0.00000161. The maximum atomic E-state index is 11.6. The summed E-state index contributed by atoms with van der Waals surface area (Å²) in [5, 5.41) is 10.8. The third-order valence-corrected chi connectivity index (χ3v) is 5.55. The van der Waals surface area contributed by atoms with E-state index in [4.69, 9.17) is 4.74 Å². The van der Waals surface area contributed by atoms with E-state index in [0.29, 0.717) is 18.3 Å². The Bertz CT molecular complexity index is 443. The van der Waals surface area contributed by atoms with Gasteiger partial charge in [0.2, 0.25) is 0 Å². The molecule has 4 saturated carbocycles. The Labute approximate surface area is 184 Å². The Hall–Kier alpha value is 0.732. The molecule has 0 aliphatic heterocycles. The average molecular weight is 410 g/mol. The van der Waals surface area contributed by atoms with Crippen molar-refractivity contribution >= 4 is 11.9 Å². The fourth-order valence-corrected chi connectivity index (χ4v) is 5.16. The number of ether oxygens (including phenoxy) is 1. The first-order valence-corrected chi connectivity index (χ1v) is 7.49. The first kappa shape index (κ1) is 18.1. The molecule has 4 rings (SSSR count). The Morgan fingerprint density at radius 2 is 1.62 bits per heavy atom. The van der Waals surface area contributed by atoms with Crippen molar-refractivity contribution < 1.29 is 88.3 Å².